The van der Waals surface area contributed by atoms with Crippen molar-refractivity contribution in [1.29, 1.82) is 0 Å². The number of methoxy groups -OCH3 is 1. The van der Waals surface area contributed by atoms with Crippen molar-refractivity contribution >= 4 is 28.6 Å². The van der Waals surface area contributed by atoms with Gasteiger partial charge in [0.25, 0.3) is 0 Å². The van der Waals surface area contributed by atoms with Crippen LogP contribution >= 0.6 is 22.6 Å². The van der Waals surface area contributed by atoms with E-state index in [2.05, 4.69) is 27.9 Å². The topological polar surface area (TPSA) is 38.3 Å². The minimum Gasteiger partial charge on any atom is -0.469 e. The summed E-state index contributed by atoms with van der Waals surface area (Å²) in [6, 6.07) is 1.04. The molecule has 2 bridgehead atoms. The number of alkyl halides is 1. The first kappa shape index (κ1) is 14.1. The van der Waals surface area contributed by atoms with Gasteiger partial charge in [0.2, 0.25) is 0 Å². The van der Waals surface area contributed by atoms with Crippen LogP contribution in [0.1, 0.15) is 44.9 Å². The lowest BCUT2D eigenvalue weighted by molar-refractivity contribution is -0.151. The molecule has 1 saturated carbocycles. The number of rotatable bonds is 2. The van der Waals surface area contributed by atoms with Gasteiger partial charge >= 0.3 is 5.97 Å². The Morgan fingerprint density at radius 2 is 1.89 bits per heavy atom. The van der Waals surface area contributed by atoms with Crippen LogP contribution < -0.4 is 5.32 Å². The second kappa shape index (κ2) is 5.88. The van der Waals surface area contributed by atoms with Gasteiger partial charge in [0.15, 0.2) is 0 Å². The predicted molar refractivity (Wildman–Crippen MR) is 83.3 cm³/mol. The number of ether oxygens (including phenoxy) is 1. The molecule has 3 fully saturated rings. The average molecular weight is 377 g/mol. The third-order valence-electron chi connectivity index (χ3n) is 5.51. The maximum Gasteiger partial charge on any atom is 0.310 e. The van der Waals surface area contributed by atoms with Gasteiger partial charge in [0.05, 0.1) is 13.0 Å². The number of fused-ring (bicyclic) bond motifs is 2. The van der Waals surface area contributed by atoms with E-state index in [1.54, 1.807) is 7.11 Å². The van der Waals surface area contributed by atoms with Gasteiger partial charge in [-0.1, -0.05) is 22.6 Å². The van der Waals surface area contributed by atoms with Crippen LogP contribution in [-0.2, 0) is 9.53 Å². The van der Waals surface area contributed by atoms with Gasteiger partial charge in [-0.25, -0.2) is 0 Å². The highest BCUT2D eigenvalue weighted by molar-refractivity contribution is 14.1. The smallest absolute Gasteiger partial charge is 0.310 e. The highest BCUT2D eigenvalue weighted by Crippen LogP contribution is 2.45. The molecule has 2 heterocycles. The van der Waals surface area contributed by atoms with Crippen molar-refractivity contribution in [2.75, 3.05) is 7.11 Å². The fourth-order valence-corrected chi connectivity index (χ4v) is 5.28. The Hall–Kier alpha value is 0.160. The van der Waals surface area contributed by atoms with E-state index in [0.717, 1.165) is 16.3 Å². The Balaban J connectivity index is 1.75. The number of piperidine rings is 1. The molecule has 3 nitrogen and oxygen atoms in total. The number of esters is 1. The summed E-state index contributed by atoms with van der Waals surface area (Å²) in [6.07, 6.45) is 8.87. The standard InChI is InChI=1S/C15H24INO2/c1-19-15(18)14-12(8-11-6-7-13(14)17-11)9-2-4-10(16)5-3-9/h9-14,17H,2-8H2,1H3/t9?,10?,11-,12-,13?,14?/m1/s1. The number of carbonyl (C=O) groups excluding carboxylic acids is 1. The lowest BCUT2D eigenvalue weighted by atomic mass is 9.69. The van der Waals surface area contributed by atoms with Crippen LogP contribution in [0.2, 0.25) is 0 Å². The third-order valence-corrected chi connectivity index (χ3v) is 6.75. The molecule has 0 aromatic carbocycles. The Kier molecular flexibility index (Phi) is 4.37. The van der Waals surface area contributed by atoms with E-state index in [-0.39, 0.29) is 11.9 Å². The zero-order chi connectivity index (χ0) is 13.4. The zero-order valence-electron chi connectivity index (χ0n) is 11.6. The van der Waals surface area contributed by atoms with Gasteiger partial charge in [-0.3, -0.25) is 4.79 Å². The average Bonchev–Trinajstić information content (AvgIpc) is 2.80. The van der Waals surface area contributed by atoms with Crippen molar-refractivity contribution in [3.05, 3.63) is 0 Å². The van der Waals surface area contributed by atoms with E-state index in [1.807, 2.05) is 0 Å². The minimum atomic E-state index is 0.0273. The second-order valence-electron chi connectivity index (χ2n) is 6.51. The molecule has 0 spiro atoms. The monoisotopic (exact) mass is 377 g/mol. The Bertz CT molecular complexity index is 341. The summed E-state index contributed by atoms with van der Waals surface area (Å²) < 4.78 is 5.95. The first-order valence-corrected chi connectivity index (χ1v) is 8.91. The maximum absolute atomic E-state index is 12.2. The summed E-state index contributed by atoms with van der Waals surface area (Å²) in [7, 11) is 1.54. The van der Waals surface area contributed by atoms with Crippen LogP contribution in [0, 0.1) is 17.8 Å². The molecule has 108 valence electrons. The van der Waals surface area contributed by atoms with Crippen LogP contribution in [0.15, 0.2) is 0 Å². The summed E-state index contributed by atoms with van der Waals surface area (Å²) in [6.45, 7) is 0. The van der Waals surface area contributed by atoms with Crippen molar-refractivity contribution in [3.63, 3.8) is 0 Å². The first-order valence-electron chi connectivity index (χ1n) is 7.67. The van der Waals surface area contributed by atoms with E-state index in [9.17, 15) is 4.79 Å². The molecular formula is C15H24INO2. The molecule has 2 aliphatic heterocycles. The molecule has 4 heteroatoms. The highest BCUT2D eigenvalue weighted by Gasteiger charge is 2.48. The van der Waals surface area contributed by atoms with Crippen LogP contribution in [-0.4, -0.2) is 29.1 Å². The van der Waals surface area contributed by atoms with E-state index in [1.165, 1.54) is 38.5 Å². The summed E-state index contributed by atoms with van der Waals surface area (Å²) in [5.41, 5.74) is 0. The summed E-state index contributed by atoms with van der Waals surface area (Å²) in [5, 5.41) is 3.63. The van der Waals surface area contributed by atoms with E-state index < -0.39 is 0 Å². The quantitative estimate of drug-likeness (QED) is 0.457. The largest absolute Gasteiger partial charge is 0.469 e. The lowest BCUT2D eigenvalue weighted by Gasteiger charge is -2.42. The van der Waals surface area contributed by atoms with Crippen LogP contribution in [0.4, 0.5) is 0 Å². The third kappa shape index (κ3) is 2.80. The lowest BCUT2D eigenvalue weighted by Crippen LogP contribution is -2.51. The van der Waals surface area contributed by atoms with Gasteiger partial charge in [-0.05, 0) is 56.8 Å². The van der Waals surface area contributed by atoms with E-state index in [4.69, 9.17) is 4.74 Å². The molecular weight excluding hydrogens is 353 g/mol. The van der Waals surface area contributed by atoms with Crippen molar-refractivity contribution in [2.45, 2.75) is 61.0 Å². The van der Waals surface area contributed by atoms with Crippen LogP contribution in [0.3, 0.4) is 0 Å². The van der Waals surface area contributed by atoms with Crippen molar-refractivity contribution < 1.29 is 9.53 Å². The van der Waals surface area contributed by atoms with E-state index >= 15 is 0 Å². The molecule has 0 aromatic heterocycles. The molecule has 19 heavy (non-hydrogen) atoms. The minimum absolute atomic E-state index is 0.0273. The first-order chi connectivity index (χ1) is 9.19. The number of carbonyl (C=O) groups is 1. The molecule has 4 atom stereocenters. The zero-order valence-corrected chi connectivity index (χ0v) is 13.8. The second-order valence-corrected chi connectivity index (χ2v) is 8.27. The van der Waals surface area contributed by atoms with Crippen LogP contribution in [0.25, 0.3) is 0 Å². The van der Waals surface area contributed by atoms with Gasteiger partial charge in [-0.15, -0.1) is 0 Å². The predicted octanol–water partition coefficient (Wildman–Crippen LogP) is 2.91. The normalized spacial score (nSPS) is 46.0. The van der Waals surface area contributed by atoms with Crippen molar-refractivity contribution in [3.8, 4) is 0 Å². The number of hydrogen-bond acceptors (Lipinski definition) is 3. The Morgan fingerprint density at radius 1 is 1.16 bits per heavy atom. The van der Waals surface area contributed by atoms with Gasteiger partial charge in [0, 0.05) is 16.0 Å². The Labute approximate surface area is 129 Å². The molecule has 0 radical (unpaired) electrons. The maximum atomic E-state index is 12.2. The SMILES string of the molecule is COC(=O)C1C2CC[C@H](C[C@@H]1C1CCC(I)CC1)N2. The molecule has 2 saturated heterocycles. The number of nitrogens with one attached hydrogen (secondary N) is 1. The highest BCUT2D eigenvalue weighted by atomic mass is 127. The molecule has 1 aliphatic carbocycles. The summed E-state index contributed by atoms with van der Waals surface area (Å²) in [4.78, 5) is 12.2. The fourth-order valence-electron chi connectivity index (χ4n) is 4.56. The van der Waals surface area contributed by atoms with Gasteiger partial charge in [0.1, 0.15) is 0 Å². The summed E-state index contributed by atoms with van der Waals surface area (Å²) >= 11 is 2.58. The van der Waals surface area contributed by atoms with Gasteiger partial charge < -0.3 is 10.1 Å². The van der Waals surface area contributed by atoms with E-state index in [0.29, 0.717) is 18.0 Å². The van der Waals surface area contributed by atoms with Gasteiger partial charge in [-0.2, -0.15) is 0 Å². The number of halogens is 1. The molecule has 3 rings (SSSR count). The molecule has 1 N–H and O–H groups in total. The van der Waals surface area contributed by atoms with Crippen molar-refractivity contribution in [2.24, 2.45) is 17.8 Å². The molecule has 0 amide bonds. The summed E-state index contributed by atoms with van der Waals surface area (Å²) in [5.74, 6) is 1.45. The van der Waals surface area contributed by atoms with Crippen LogP contribution in [0.5, 0.6) is 0 Å². The molecule has 2 unspecified atom stereocenters. The fraction of sp³-hybridized carbons (Fsp3) is 0.933. The molecule has 0 aromatic rings. The number of hydrogen-bond donors (Lipinski definition) is 1. The molecule has 3 aliphatic rings. The van der Waals surface area contributed by atoms with Crippen molar-refractivity contribution in [1.82, 2.24) is 5.32 Å². The Morgan fingerprint density at radius 3 is 2.58 bits per heavy atom.